The third kappa shape index (κ3) is 3.95. The largest absolute Gasteiger partial charge is 0.489 e. The molecule has 21 heavy (non-hydrogen) atoms. The summed E-state index contributed by atoms with van der Waals surface area (Å²) in [6.07, 6.45) is 0.00126. The van der Waals surface area contributed by atoms with Gasteiger partial charge in [0.25, 0.3) is 5.91 Å². The van der Waals surface area contributed by atoms with Crippen LogP contribution in [-0.2, 0) is 0 Å². The predicted molar refractivity (Wildman–Crippen MR) is 81.6 cm³/mol. The maximum Gasteiger partial charge on any atom is 0.258 e. The third-order valence-electron chi connectivity index (χ3n) is 2.67. The Morgan fingerprint density at radius 1 is 1.24 bits per heavy atom. The van der Waals surface area contributed by atoms with E-state index in [-0.39, 0.29) is 11.7 Å². The fourth-order valence-corrected chi connectivity index (χ4v) is 2.00. The van der Waals surface area contributed by atoms with Gasteiger partial charge in [0.2, 0.25) is 0 Å². The van der Waals surface area contributed by atoms with E-state index in [2.05, 4.69) is 5.32 Å². The highest BCUT2D eigenvalue weighted by Gasteiger charge is 2.12. The van der Waals surface area contributed by atoms with Crippen molar-refractivity contribution in [3.63, 3.8) is 0 Å². The summed E-state index contributed by atoms with van der Waals surface area (Å²) in [4.78, 5) is 12.0. The van der Waals surface area contributed by atoms with Gasteiger partial charge in [-0.25, -0.2) is 4.39 Å². The number of anilines is 1. The minimum atomic E-state index is -0.569. The van der Waals surface area contributed by atoms with Gasteiger partial charge in [-0.3, -0.25) is 4.79 Å². The molecule has 0 unspecified atom stereocenters. The fourth-order valence-electron chi connectivity index (χ4n) is 1.77. The van der Waals surface area contributed by atoms with Crippen LogP contribution in [0.15, 0.2) is 42.5 Å². The number of carbonyl (C=O) groups excluding carboxylic acids is 1. The van der Waals surface area contributed by atoms with Crippen LogP contribution in [0.1, 0.15) is 24.2 Å². The van der Waals surface area contributed by atoms with E-state index in [1.54, 1.807) is 24.3 Å². The molecule has 0 aliphatic heterocycles. The van der Waals surface area contributed by atoms with Gasteiger partial charge in [-0.05, 0) is 44.2 Å². The van der Waals surface area contributed by atoms with Crippen LogP contribution < -0.4 is 10.1 Å². The summed E-state index contributed by atoms with van der Waals surface area (Å²) in [6.45, 7) is 3.79. The molecule has 0 aromatic heterocycles. The van der Waals surface area contributed by atoms with Crippen molar-refractivity contribution in [2.24, 2.45) is 0 Å². The van der Waals surface area contributed by atoms with Crippen LogP contribution >= 0.6 is 11.6 Å². The zero-order valence-electron chi connectivity index (χ0n) is 11.7. The molecule has 0 aliphatic rings. The van der Waals surface area contributed by atoms with Gasteiger partial charge in [0, 0.05) is 5.69 Å². The van der Waals surface area contributed by atoms with Gasteiger partial charge in [-0.1, -0.05) is 23.7 Å². The highest BCUT2D eigenvalue weighted by molar-refractivity contribution is 6.32. The lowest BCUT2D eigenvalue weighted by Gasteiger charge is -2.13. The minimum Gasteiger partial charge on any atom is -0.489 e. The number of amides is 1. The van der Waals surface area contributed by atoms with Gasteiger partial charge in [-0.15, -0.1) is 0 Å². The van der Waals surface area contributed by atoms with Crippen LogP contribution in [0.2, 0.25) is 5.02 Å². The molecule has 3 nitrogen and oxygen atoms in total. The smallest absolute Gasteiger partial charge is 0.258 e. The van der Waals surface area contributed by atoms with Crippen molar-refractivity contribution in [2.75, 3.05) is 5.32 Å². The molecule has 5 heteroatoms. The number of ether oxygens (including phenoxy) is 1. The molecule has 2 rings (SSSR count). The molecule has 2 aromatic rings. The lowest BCUT2D eigenvalue weighted by Crippen LogP contribution is -2.13. The SMILES string of the molecule is CC(C)Oc1ccc(NC(=O)c2ccccc2F)cc1Cl. The van der Waals surface area contributed by atoms with Crippen molar-refractivity contribution in [3.8, 4) is 5.75 Å². The van der Waals surface area contributed by atoms with Gasteiger partial charge in [0.05, 0.1) is 16.7 Å². The first-order valence-corrected chi connectivity index (χ1v) is 6.87. The Hall–Kier alpha value is -2.07. The predicted octanol–water partition coefficient (Wildman–Crippen LogP) is 4.52. The van der Waals surface area contributed by atoms with E-state index >= 15 is 0 Å². The van der Waals surface area contributed by atoms with Crippen molar-refractivity contribution < 1.29 is 13.9 Å². The van der Waals surface area contributed by atoms with Crippen molar-refractivity contribution in [1.82, 2.24) is 0 Å². The third-order valence-corrected chi connectivity index (χ3v) is 2.97. The fraction of sp³-hybridized carbons (Fsp3) is 0.188. The average Bonchev–Trinajstić information content (AvgIpc) is 2.42. The Morgan fingerprint density at radius 3 is 2.57 bits per heavy atom. The molecular weight excluding hydrogens is 293 g/mol. The Bertz CT molecular complexity index is 658. The highest BCUT2D eigenvalue weighted by atomic mass is 35.5. The summed E-state index contributed by atoms with van der Waals surface area (Å²) in [5.41, 5.74) is 0.459. The van der Waals surface area contributed by atoms with E-state index in [9.17, 15) is 9.18 Å². The Balaban J connectivity index is 2.15. The van der Waals surface area contributed by atoms with E-state index in [0.717, 1.165) is 0 Å². The van der Waals surface area contributed by atoms with Gasteiger partial charge in [-0.2, -0.15) is 0 Å². The number of rotatable bonds is 4. The molecule has 0 fully saturated rings. The molecule has 0 heterocycles. The number of benzene rings is 2. The number of hydrogen-bond acceptors (Lipinski definition) is 2. The highest BCUT2D eigenvalue weighted by Crippen LogP contribution is 2.28. The normalized spacial score (nSPS) is 10.5. The zero-order chi connectivity index (χ0) is 15.4. The van der Waals surface area contributed by atoms with Crippen LogP contribution in [0, 0.1) is 5.82 Å². The summed E-state index contributed by atoms with van der Waals surface area (Å²) in [7, 11) is 0. The first-order valence-electron chi connectivity index (χ1n) is 6.49. The van der Waals surface area contributed by atoms with E-state index in [4.69, 9.17) is 16.3 Å². The van der Waals surface area contributed by atoms with E-state index in [0.29, 0.717) is 16.5 Å². The molecule has 0 spiro atoms. The number of carbonyl (C=O) groups is 1. The molecule has 0 atom stereocenters. The first kappa shape index (κ1) is 15.3. The summed E-state index contributed by atoms with van der Waals surface area (Å²) in [6, 6.07) is 10.7. The Labute approximate surface area is 127 Å². The summed E-state index contributed by atoms with van der Waals surface area (Å²) in [5, 5.41) is 2.99. The molecule has 0 saturated heterocycles. The lowest BCUT2D eigenvalue weighted by atomic mass is 10.2. The summed E-state index contributed by atoms with van der Waals surface area (Å²) in [5.74, 6) is -0.557. The standard InChI is InChI=1S/C16H15ClFNO2/c1-10(2)21-15-8-7-11(9-13(15)17)19-16(20)12-5-3-4-6-14(12)18/h3-10H,1-2H3,(H,19,20). The summed E-state index contributed by atoms with van der Waals surface area (Å²) < 4.78 is 19.0. The summed E-state index contributed by atoms with van der Waals surface area (Å²) >= 11 is 6.08. The quantitative estimate of drug-likeness (QED) is 0.902. The second kappa shape index (κ2) is 6.59. The number of halogens is 2. The van der Waals surface area contributed by atoms with Gasteiger partial charge >= 0.3 is 0 Å². The van der Waals surface area contributed by atoms with Crippen LogP contribution in [0.5, 0.6) is 5.75 Å². The van der Waals surface area contributed by atoms with Crippen LogP contribution in [0.25, 0.3) is 0 Å². The molecular formula is C16H15ClFNO2. The molecule has 0 aliphatic carbocycles. The molecule has 0 radical (unpaired) electrons. The average molecular weight is 308 g/mol. The molecule has 0 saturated carbocycles. The lowest BCUT2D eigenvalue weighted by molar-refractivity contribution is 0.102. The Kier molecular flexibility index (Phi) is 4.81. The maximum atomic E-state index is 13.5. The van der Waals surface area contributed by atoms with Gasteiger partial charge in [0.1, 0.15) is 11.6 Å². The number of nitrogens with one attached hydrogen (secondary N) is 1. The number of hydrogen-bond donors (Lipinski definition) is 1. The van der Waals surface area contributed by atoms with Crippen molar-refractivity contribution >= 4 is 23.2 Å². The van der Waals surface area contributed by atoms with Crippen molar-refractivity contribution in [3.05, 3.63) is 58.9 Å². The van der Waals surface area contributed by atoms with Gasteiger partial charge < -0.3 is 10.1 Å². The molecule has 110 valence electrons. The molecule has 2 aromatic carbocycles. The van der Waals surface area contributed by atoms with Crippen LogP contribution in [-0.4, -0.2) is 12.0 Å². The van der Waals surface area contributed by atoms with Gasteiger partial charge in [0.15, 0.2) is 0 Å². The first-order chi connectivity index (χ1) is 9.97. The van der Waals surface area contributed by atoms with E-state index in [1.165, 1.54) is 18.2 Å². The van der Waals surface area contributed by atoms with Crippen LogP contribution in [0.3, 0.4) is 0 Å². The monoisotopic (exact) mass is 307 g/mol. The topological polar surface area (TPSA) is 38.3 Å². The Morgan fingerprint density at radius 2 is 1.95 bits per heavy atom. The second-order valence-electron chi connectivity index (χ2n) is 4.75. The minimum absolute atomic E-state index is 0.00126. The molecule has 0 bridgehead atoms. The van der Waals surface area contributed by atoms with E-state index in [1.807, 2.05) is 13.8 Å². The zero-order valence-corrected chi connectivity index (χ0v) is 12.4. The van der Waals surface area contributed by atoms with Crippen LogP contribution in [0.4, 0.5) is 10.1 Å². The maximum absolute atomic E-state index is 13.5. The van der Waals surface area contributed by atoms with Crippen molar-refractivity contribution in [2.45, 2.75) is 20.0 Å². The van der Waals surface area contributed by atoms with E-state index < -0.39 is 11.7 Å². The van der Waals surface area contributed by atoms with Crippen molar-refractivity contribution in [1.29, 1.82) is 0 Å². The second-order valence-corrected chi connectivity index (χ2v) is 5.15. The molecule has 1 N–H and O–H groups in total. The molecule has 1 amide bonds.